The lowest BCUT2D eigenvalue weighted by Gasteiger charge is -2.06. The minimum atomic E-state index is -0.102. The van der Waals surface area contributed by atoms with E-state index in [1.54, 1.807) is 36.4 Å². The molecule has 0 saturated carbocycles. The van der Waals surface area contributed by atoms with Gasteiger partial charge in [0.2, 0.25) is 0 Å². The first kappa shape index (κ1) is 13.1. The maximum Gasteiger partial charge on any atom is 0.194 e. The van der Waals surface area contributed by atoms with Crippen molar-refractivity contribution in [1.82, 2.24) is 0 Å². The largest absolute Gasteiger partial charge is 0.399 e. The third-order valence-corrected chi connectivity index (χ3v) is 3.53. The van der Waals surface area contributed by atoms with Crippen LogP contribution >= 0.6 is 31.9 Å². The molecule has 0 aliphatic rings. The van der Waals surface area contributed by atoms with Crippen molar-refractivity contribution in [3.63, 3.8) is 0 Å². The summed E-state index contributed by atoms with van der Waals surface area (Å²) < 4.78 is 1.45. The van der Waals surface area contributed by atoms with E-state index in [9.17, 15) is 4.79 Å². The van der Waals surface area contributed by atoms with Crippen molar-refractivity contribution in [2.45, 2.75) is 0 Å². The van der Waals surface area contributed by atoms with Gasteiger partial charge >= 0.3 is 0 Å². The van der Waals surface area contributed by atoms with E-state index >= 15 is 0 Å². The summed E-state index contributed by atoms with van der Waals surface area (Å²) in [5, 5.41) is 0. The Morgan fingerprint density at radius 1 is 0.944 bits per heavy atom. The molecular formula is C13H10Br2N2O. The smallest absolute Gasteiger partial charge is 0.194 e. The normalized spacial score (nSPS) is 10.3. The molecule has 5 heteroatoms. The topological polar surface area (TPSA) is 69.1 Å². The Kier molecular flexibility index (Phi) is 3.73. The number of carbonyl (C=O) groups is 1. The zero-order chi connectivity index (χ0) is 13.3. The highest BCUT2D eigenvalue weighted by Gasteiger charge is 2.13. The standard InChI is InChI=1S/C13H10Br2N2O/c14-8-3-7(4-10(17)5-8)13(18)11-2-1-9(16)6-12(11)15/h1-6H,16-17H2. The van der Waals surface area contributed by atoms with Crippen molar-refractivity contribution in [2.24, 2.45) is 0 Å². The van der Waals surface area contributed by atoms with Crippen molar-refractivity contribution in [1.29, 1.82) is 0 Å². The van der Waals surface area contributed by atoms with Crippen LogP contribution in [0.25, 0.3) is 0 Å². The van der Waals surface area contributed by atoms with Crippen molar-refractivity contribution in [3.05, 3.63) is 56.5 Å². The van der Waals surface area contributed by atoms with E-state index in [1.807, 2.05) is 0 Å². The van der Waals surface area contributed by atoms with Gasteiger partial charge in [0.15, 0.2) is 5.78 Å². The van der Waals surface area contributed by atoms with Crippen LogP contribution in [0.5, 0.6) is 0 Å². The minimum absolute atomic E-state index is 0.102. The zero-order valence-corrected chi connectivity index (χ0v) is 12.5. The van der Waals surface area contributed by atoms with Crippen LogP contribution in [0.3, 0.4) is 0 Å². The lowest BCUT2D eigenvalue weighted by Crippen LogP contribution is -2.04. The minimum Gasteiger partial charge on any atom is -0.399 e. The van der Waals surface area contributed by atoms with Crippen LogP contribution in [-0.2, 0) is 0 Å². The summed E-state index contributed by atoms with van der Waals surface area (Å²) in [7, 11) is 0. The highest BCUT2D eigenvalue weighted by atomic mass is 79.9. The first-order valence-corrected chi connectivity index (χ1v) is 6.72. The SMILES string of the molecule is Nc1cc(Br)cc(C(=O)c2ccc(N)cc2Br)c1. The summed E-state index contributed by atoms with van der Waals surface area (Å²) in [5.41, 5.74) is 13.6. The third kappa shape index (κ3) is 2.73. The molecule has 0 fully saturated rings. The molecule has 0 aromatic heterocycles. The van der Waals surface area contributed by atoms with Crippen molar-refractivity contribution < 1.29 is 4.79 Å². The van der Waals surface area contributed by atoms with Crippen LogP contribution in [0, 0.1) is 0 Å². The van der Waals surface area contributed by atoms with Crippen LogP contribution in [-0.4, -0.2) is 5.78 Å². The summed E-state index contributed by atoms with van der Waals surface area (Å²) >= 11 is 6.66. The van der Waals surface area contributed by atoms with Crippen LogP contribution < -0.4 is 11.5 Å². The molecule has 0 spiro atoms. The molecule has 0 amide bonds. The third-order valence-electron chi connectivity index (χ3n) is 2.42. The molecule has 0 heterocycles. The summed E-state index contributed by atoms with van der Waals surface area (Å²) in [6, 6.07) is 10.2. The monoisotopic (exact) mass is 368 g/mol. The summed E-state index contributed by atoms with van der Waals surface area (Å²) in [6.07, 6.45) is 0. The summed E-state index contributed by atoms with van der Waals surface area (Å²) in [4.78, 5) is 12.3. The predicted molar refractivity (Wildman–Crippen MR) is 80.5 cm³/mol. The van der Waals surface area contributed by atoms with Gasteiger partial charge in [-0.3, -0.25) is 4.79 Å². The molecule has 0 unspecified atom stereocenters. The van der Waals surface area contributed by atoms with Gasteiger partial charge in [0.1, 0.15) is 0 Å². The highest BCUT2D eigenvalue weighted by molar-refractivity contribution is 9.10. The van der Waals surface area contributed by atoms with Crippen molar-refractivity contribution >= 4 is 49.0 Å². The zero-order valence-electron chi connectivity index (χ0n) is 9.28. The number of nitrogen functional groups attached to an aromatic ring is 2. The number of rotatable bonds is 2. The number of benzene rings is 2. The van der Waals surface area contributed by atoms with Crippen molar-refractivity contribution in [2.75, 3.05) is 11.5 Å². The molecule has 0 radical (unpaired) electrons. The van der Waals surface area contributed by atoms with Crippen molar-refractivity contribution in [3.8, 4) is 0 Å². The molecule has 92 valence electrons. The number of anilines is 2. The second-order valence-corrected chi connectivity index (χ2v) is 5.61. The van der Waals surface area contributed by atoms with E-state index in [0.717, 1.165) is 4.47 Å². The van der Waals surface area contributed by atoms with E-state index in [1.165, 1.54) is 0 Å². The molecule has 2 rings (SSSR count). The van der Waals surface area contributed by atoms with Gasteiger partial charge in [0, 0.05) is 31.4 Å². The number of halogens is 2. The number of hydrogen-bond acceptors (Lipinski definition) is 3. The molecule has 18 heavy (non-hydrogen) atoms. The fourth-order valence-corrected chi connectivity index (χ4v) is 2.70. The van der Waals surface area contributed by atoms with Crippen LogP contribution in [0.15, 0.2) is 45.3 Å². The molecule has 0 aliphatic heterocycles. The Morgan fingerprint density at radius 2 is 1.67 bits per heavy atom. The van der Waals surface area contributed by atoms with E-state index in [-0.39, 0.29) is 5.78 Å². The number of hydrogen-bond donors (Lipinski definition) is 2. The van der Waals surface area contributed by atoms with Crippen LogP contribution in [0.2, 0.25) is 0 Å². The maximum atomic E-state index is 12.3. The van der Waals surface area contributed by atoms with Gasteiger partial charge in [-0.25, -0.2) is 0 Å². The average Bonchev–Trinajstić information content (AvgIpc) is 2.26. The second kappa shape index (κ2) is 5.12. The highest BCUT2D eigenvalue weighted by Crippen LogP contribution is 2.25. The molecule has 0 atom stereocenters. The molecule has 2 aromatic rings. The Hall–Kier alpha value is -1.33. The number of carbonyl (C=O) groups excluding carboxylic acids is 1. The van der Waals surface area contributed by atoms with Crippen LogP contribution in [0.4, 0.5) is 11.4 Å². The van der Waals surface area contributed by atoms with Gasteiger partial charge < -0.3 is 11.5 Å². The second-order valence-electron chi connectivity index (χ2n) is 3.84. The molecular weight excluding hydrogens is 360 g/mol. The Balaban J connectivity index is 2.47. The van der Waals surface area contributed by atoms with E-state index in [2.05, 4.69) is 31.9 Å². The first-order chi connectivity index (χ1) is 8.47. The molecule has 3 nitrogen and oxygen atoms in total. The van der Waals surface area contributed by atoms with Crippen LogP contribution in [0.1, 0.15) is 15.9 Å². The number of ketones is 1. The van der Waals surface area contributed by atoms with Gasteiger partial charge in [-0.15, -0.1) is 0 Å². The van der Waals surface area contributed by atoms with Gasteiger partial charge in [-0.2, -0.15) is 0 Å². The molecule has 2 aromatic carbocycles. The molecule has 0 bridgehead atoms. The first-order valence-electron chi connectivity index (χ1n) is 5.13. The lowest BCUT2D eigenvalue weighted by molar-refractivity contribution is 0.103. The van der Waals surface area contributed by atoms with E-state index in [4.69, 9.17) is 11.5 Å². The average molecular weight is 370 g/mol. The van der Waals surface area contributed by atoms with Gasteiger partial charge in [0.25, 0.3) is 0 Å². The molecule has 0 aliphatic carbocycles. The summed E-state index contributed by atoms with van der Waals surface area (Å²) in [6.45, 7) is 0. The van der Waals surface area contributed by atoms with E-state index < -0.39 is 0 Å². The number of nitrogens with two attached hydrogens (primary N) is 2. The van der Waals surface area contributed by atoms with E-state index in [0.29, 0.717) is 27.0 Å². The fourth-order valence-electron chi connectivity index (χ4n) is 1.61. The Labute approximate surface area is 121 Å². The van der Waals surface area contributed by atoms with Gasteiger partial charge in [-0.1, -0.05) is 15.9 Å². The predicted octanol–water partition coefficient (Wildman–Crippen LogP) is 3.61. The fraction of sp³-hybridized carbons (Fsp3) is 0. The molecule has 0 saturated heterocycles. The quantitative estimate of drug-likeness (QED) is 0.627. The Bertz CT molecular complexity index is 606. The van der Waals surface area contributed by atoms with Gasteiger partial charge in [-0.05, 0) is 52.3 Å². The Morgan fingerprint density at radius 3 is 2.28 bits per heavy atom. The maximum absolute atomic E-state index is 12.3. The summed E-state index contributed by atoms with van der Waals surface area (Å²) in [5.74, 6) is -0.102. The lowest BCUT2D eigenvalue weighted by atomic mass is 10.0. The molecule has 4 N–H and O–H groups in total. The van der Waals surface area contributed by atoms with Gasteiger partial charge in [0.05, 0.1) is 0 Å².